The first-order chi connectivity index (χ1) is 4.56. The summed E-state index contributed by atoms with van der Waals surface area (Å²) in [6.45, 7) is 3.33. The SMILES string of the molecule is CCCC(C)(ON)C(=O)O. The number of carbonyl (C=O) groups is 1. The van der Waals surface area contributed by atoms with Gasteiger partial charge in [0.2, 0.25) is 0 Å². The summed E-state index contributed by atoms with van der Waals surface area (Å²) in [6.07, 6.45) is 1.17. The molecule has 1 atom stereocenters. The van der Waals surface area contributed by atoms with Crippen LogP contribution in [0.5, 0.6) is 0 Å². The molecule has 1 unspecified atom stereocenters. The zero-order valence-corrected chi connectivity index (χ0v) is 6.26. The maximum atomic E-state index is 10.4. The van der Waals surface area contributed by atoms with Crippen LogP contribution in [0.4, 0.5) is 0 Å². The lowest BCUT2D eigenvalue weighted by atomic mass is 10.0. The molecule has 0 fully saturated rings. The largest absolute Gasteiger partial charge is 0.479 e. The van der Waals surface area contributed by atoms with Crippen molar-refractivity contribution in [2.45, 2.75) is 32.3 Å². The molecular weight excluding hydrogens is 134 g/mol. The highest BCUT2D eigenvalue weighted by atomic mass is 16.6. The smallest absolute Gasteiger partial charge is 0.337 e. The Hall–Kier alpha value is -0.610. The highest BCUT2D eigenvalue weighted by Crippen LogP contribution is 2.14. The highest BCUT2D eigenvalue weighted by Gasteiger charge is 2.32. The minimum absolute atomic E-state index is 0.429. The van der Waals surface area contributed by atoms with E-state index in [4.69, 9.17) is 11.0 Å². The second kappa shape index (κ2) is 3.53. The molecule has 0 aliphatic rings. The van der Waals surface area contributed by atoms with E-state index in [9.17, 15) is 4.79 Å². The Bertz CT molecular complexity index is 126. The molecule has 0 aliphatic heterocycles. The van der Waals surface area contributed by atoms with Gasteiger partial charge in [0.15, 0.2) is 5.60 Å². The van der Waals surface area contributed by atoms with Gasteiger partial charge in [-0.2, -0.15) is 0 Å². The summed E-state index contributed by atoms with van der Waals surface area (Å²) in [7, 11) is 0. The van der Waals surface area contributed by atoms with Crippen molar-refractivity contribution in [1.82, 2.24) is 0 Å². The molecule has 0 aromatic carbocycles. The fourth-order valence-corrected chi connectivity index (χ4v) is 0.693. The average Bonchev–Trinajstić information content (AvgIpc) is 1.88. The Kier molecular flexibility index (Phi) is 3.32. The minimum atomic E-state index is -1.21. The number of hydrogen-bond donors (Lipinski definition) is 2. The lowest BCUT2D eigenvalue weighted by Crippen LogP contribution is -2.40. The van der Waals surface area contributed by atoms with Gasteiger partial charge in [0.1, 0.15) is 0 Å². The van der Waals surface area contributed by atoms with Crippen molar-refractivity contribution in [3.63, 3.8) is 0 Å². The molecule has 3 N–H and O–H groups in total. The van der Waals surface area contributed by atoms with Crippen LogP contribution in [0, 0.1) is 0 Å². The van der Waals surface area contributed by atoms with Crippen LogP contribution >= 0.6 is 0 Å². The van der Waals surface area contributed by atoms with Gasteiger partial charge in [-0.05, 0) is 13.3 Å². The van der Waals surface area contributed by atoms with E-state index in [1.165, 1.54) is 6.92 Å². The molecule has 0 aromatic heterocycles. The molecule has 60 valence electrons. The van der Waals surface area contributed by atoms with Crippen LogP contribution in [0.25, 0.3) is 0 Å². The van der Waals surface area contributed by atoms with Crippen molar-refractivity contribution in [3.05, 3.63) is 0 Å². The summed E-state index contributed by atoms with van der Waals surface area (Å²) in [6, 6.07) is 0. The monoisotopic (exact) mass is 147 g/mol. The van der Waals surface area contributed by atoms with Gasteiger partial charge >= 0.3 is 5.97 Å². The predicted octanol–water partition coefficient (Wildman–Crippen LogP) is 0.520. The van der Waals surface area contributed by atoms with Gasteiger partial charge in [0.05, 0.1) is 0 Å². The molecule has 0 saturated heterocycles. The second-order valence-electron chi connectivity index (χ2n) is 2.40. The third-order valence-corrected chi connectivity index (χ3v) is 1.44. The van der Waals surface area contributed by atoms with E-state index in [1.807, 2.05) is 6.92 Å². The fourth-order valence-electron chi connectivity index (χ4n) is 0.693. The van der Waals surface area contributed by atoms with Gasteiger partial charge in [0, 0.05) is 0 Å². The van der Waals surface area contributed by atoms with Crippen LogP contribution < -0.4 is 5.90 Å². The molecule has 0 bridgehead atoms. The summed E-state index contributed by atoms with van der Waals surface area (Å²) in [5, 5.41) is 8.56. The van der Waals surface area contributed by atoms with Gasteiger partial charge in [-0.3, -0.25) is 4.84 Å². The summed E-state index contributed by atoms with van der Waals surface area (Å²) < 4.78 is 0. The average molecular weight is 147 g/mol. The molecule has 0 amide bonds. The lowest BCUT2D eigenvalue weighted by molar-refractivity contribution is -0.165. The molecule has 10 heavy (non-hydrogen) atoms. The number of carboxylic acid groups (broad SMARTS) is 1. The van der Waals surface area contributed by atoms with E-state index in [1.54, 1.807) is 0 Å². The van der Waals surface area contributed by atoms with Crippen molar-refractivity contribution in [3.8, 4) is 0 Å². The molecule has 4 nitrogen and oxygen atoms in total. The molecule has 4 heteroatoms. The zero-order chi connectivity index (χ0) is 8.20. The van der Waals surface area contributed by atoms with Gasteiger partial charge in [-0.15, -0.1) is 0 Å². The second-order valence-corrected chi connectivity index (χ2v) is 2.40. The topological polar surface area (TPSA) is 72.5 Å². The Morgan fingerprint density at radius 3 is 2.40 bits per heavy atom. The fraction of sp³-hybridized carbons (Fsp3) is 0.833. The van der Waals surface area contributed by atoms with Crippen molar-refractivity contribution in [2.24, 2.45) is 5.90 Å². The number of nitrogens with two attached hydrogens (primary N) is 1. The summed E-state index contributed by atoms with van der Waals surface area (Å²) in [5.41, 5.74) is -1.21. The van der Waals surface area contributed by atoms with Crippen molar-refractivity contribution in [1.29, 1.82) is 0 Å². The molecule has 0 radical (unpaired) electrons. The van der Waals surface area contributed by atoms with Crippen LogP contribution in [0.3, 0.4) is 0 Å². The van der Waals surface area contributed by atoms with Crippen molar-refractivity contribution < 1.29 is 14.7 Å². The molecule has 0 aromatic rings. The van der Waals surface area contributed by atoms with Crippen LogP contribution in [0.2, 0.25) is 0 Å². The van der Waals surface area contributed by atoms with Crippen LogP contribution in [-0.4, -0.2) is 16.7 Å². The minimum Gasteiger partial charge on any atom is -0.479 e. The summed E-state index contributed by atoms with van der Waals surface area (Å²) >= 11 is 0. The van der Waals surface area contributed by atoms with Gasteiger partial charge in [0.25, 0.3) is 0 Å². The number of hydrogen-bond acceptors (Lipinski definition) is 3. The Balaban J connectivity index is 4.08. The Morgan fingerprint density at radius 1 is 1.80 bits per heavy atom. The first kappa shape index (κ1) is 9.39. The van der Waals surface area contributed by atoms with E-state index in [2.05, 4.69) is 4.84 Å². The molecule has 0 saturated carbocycles. The predicted molar refractivity (Wildman–Crippen MR) is 36.2 cm³/mol. The van der Waals surface area contributed by atoms with Crippen LogP contribution in [0.1, 0.15) is 26.7 Å². The van der Waals surface area contributed by atoms with E-state index in [0.29, 0.717) is 6.42 Å². The Labute approximate surface area is 59.9 Å². The quantitative estimate of drug-likeness (QED) is 0.568. The normalized spacial score (nSPS) is 16.3. The number of aliphatic carboxylic acids is 1. The first-order valence-electron chi connectivity index (χ1n) is 3.18. The van der Waals surface area contributed by atoms with Crippen molar-refractivity contribution in [2.75, 3.05) is 0 Å². The molecule has 0 rings (SSSR count). The summed E-state index contributed by atoms with van der Waals surface area (Å²) in [4.78, 5) is 14.8. The maximum Gasteiger partial charge on any atom is 0.337 e. The van der Waals surface area contributed by atoms with Gasteiger partial charge < -0.3 is 5.11 Å². The lowest BCUT2D eigenvalue weighted by Gasteiger charge is -2.20. The molecule has 0 spiro atoms. The third-order valence-electron chi connectivity index (χ3n) is 1.44. The highest BCUT2D eigenvalue weighted by molar-refractivity contribution is 5.76. The third kappa shape index (κ3) is 1.97. The van der Waals surface area contributed by atoms with E-state index >= 15 is 0 Å². The zero-order valence-electron chi connectivity index (χ0n) is 6.26. The summed E-state index contributed by atoms with van der Waals surface area (Å²) in [5.74, 6) is 3.80. The number of carboxylic acids is 1. The van der Waals surface area contributed by atoms with Gasteiger partial charge in [-0.25, -0.2) is 10.7 Å². The van der Waals surface area contributed by atoms with E-state index < -0.39 is 11.6 Å². The molecule has 0 heterocycles. The van der Waals surface area contributed by atoms with E-state index in [0.717, 1.165) is 6.42 Å². The van der Waals surface area contributed by atoms with E-state index in [-0.39, 0.29) is 0 Å². The standard InChI is InChI=1S/C6H13NO3/c1-3-4-6(2,10-7)5(8)9/h3-4,7H2,1-2H3,(H,8,9). The molecular formula is C6H13NO3. The van der Waals surface area contributed by atoms with Gasteiger partial charge in [-0.1, -0.05) is 13.3 Å². The van der Waals surface area contributed by atoms with Crippen molar-refractivity contribution >= 4 is 5.97 Å². The number of rotatable bonds is 4. The maximum absolute atomic E-state index is 10.4. The van der Waals surface area contributed by atoms with Crippen LogP contribution in [0.15, 0.2) is 0 Å². The first-order valence-corrected chi connectivity index (χ1v) is 3.18. The molecule has 0 aliphatic carbocycles. The van der Waals surface area contributed by atoms with Crippen LogP contribution in [-0.2, 0) is 9.63 Å². The Morgan fingerprint density at radius 2 is 2.30 bits per heavy atom.